The van der Waals surface area contributed by atoms with Crippen molar-refractivity contribution in [3.05, 3.63) is 0 Å². The Morgan fingerprint density at radius 1 is 1.50 bits per heavy atom. The van der Waals surface area contributed by atoms with Crippen molar-refractivity contribution in [2.24, 2.45) is 5.14 Å². The van der Waals surface area contributed by atoms with Gasteiger partial charge >= 0.3 is 5.25 Å². The third-order valence-electron chi connectivity index (χ3n) is 0.842. The molecule has 3 nitrogen and oxygen atoms in total. The van der Waals surface area contributed by atoms with Gasteiger partial charge in [0.1, 0.15) is 0 Å². The summed E-state index contributed by atoms with van der Waals surface area (Å²) in [5, 5.41) is -0.483. The average molecular weight is 177 g/mol. The summed E-state index contributed by atoms with van der Waals surface area (Å²) in [7, 11) is -5.11. The molecule has 0 aromatic carbocycles. The van der Waals surface area contributed by atoms with E-state index in [-0.39, 0.29) is 0 Å². The lowest BCUT2D eigenvalue weighted by atomic mass is 10.5. The maximum absolute atomic E-state index is 12.0. The van der Waals surface area contributed by atoms with Crippen molar-refractivity contribution in [1.29, 1.82) is 0 Å². The number of hydrogen-bond acceptors (Lipinski definition) is 2. The zero-order chi connectivity index (χ0) is 8.58. The Morgan fingerprint density at radius 3 is 1.80 bits per heavy atom. The SMILES string of the molecule is CC(F)C(F)(F)S(N)(=O)=O. The van der Waals surface area contributed by atoms with Crippen LogP contribution in [0.2, 0.25) is 0 Å². The molecule has 0 saturated heterocycles. The van der Waals surface area contributed by atoms with Gasteiger partial charge in [-0.05, 0) is 6.92 Å². The Kier molecular flexibility index (Phi) is 2.32. The average Bonchev–Trinajstić information content (AvgIpc) is 1.62. The van der Waals surface area contributed by atoms with Crippen molar-refractivity contribution >= 4 is 10.0 Å². The number of halogens is 3. The first-order valence-corrected chi connectivity index (χ1v) is 3.78. The summed E-state index contributed by atoms with van der Waals surface area (Å²) in [4.78, 5) is 0. The number of nitrogens with two attached hydrogens (primary N) is 1. The Balaban J connectivity index is 4.76. The summed E-state index contributed by atoms with van der Waals surface area (Å²) >= 11 is 0. The van der Waals surface area contributed by atoms with E-state index in [0.717, 1.165) is 0 Å². The molecule has 0 rings (SSSR count). The summed E-state index contributed by atoms with van der Waals surface area (Å²) in [6.45, 7) is 0.421. The van der Waals surface area contributed by atoms with Gasteiger partial charge in [0.25, 0.3) is 10.0 Å². The second-order valence-electron chi connectivity index (χ2n) is 1.72. The third-order valence-corrected chi connectivity index (χ3v) is 1.93. The Bertz CT molecular complexity index is 210. The predicted octanol–water partition coefficient (Wildman–Crippen LogP) is 0.226. The summed E-state index contributed by atoms with van der Waals surface area (Å²) in [6, 6.07) is 0. The highest BCUT2D eigenvalue weighted by atomic mass is 32.2. The molecule has 0 fully saturated rings. The highest BCUT2D eigenvalue weighted by Crippen LogP contribution is 2.25. The van der Waals surface area contributed by atoms with Crippen LogP contribution in [0.25, 0.3) is 0 Å². The smallest absolute Gasteiger partial charge is 0.240 e. The van der Waals surface area contributed by atoms with Gasteiger partial charge in [0.2, 0.25) is 0 Å². The molecule has 0 aliphatic carbocycles. The minimum absolute atomic E-state index is 0.421. The maximum atomic E-state index is 12.0. The van der Waals surface area contributed by atoms with Crippen molar-refractivity contribution in [2.45, 2.75) is 18.3 Å². The van der Waals surface area contributed by atoms with Crippen molar-refractivity contribution in [3.63, 3.8) is 0 Å². The number of sulfonamides is 1. The molecule has 0 aliphatic heterocycles. The fourth-order valence-electron chi connectivity index (χ4n) is 0.226. The largest absolute Gasteiger partial charge is 0.388 e. The van der Waals surface area contributed by atoms with Crippen LogP contribution >= 0.6 is 0 Å². The lowest BCUT2D eigenvalue weighted by molar-refractivity contribution is 0.0139. The Labute approximate surface area is 56.1 Å². The zero-order valence-corrected chi connectivity index (χ0v) is 5.83. The molecule has 7 heteroatoms. The molecule has 62 valence electrons. The van der Waals surface area contributed by atoms with Gasteiger partial charge in [0.05, 0.1) is 0 Å². The minimum Gasteiger partial charge on any atom is -0.240 e. The van der Waals surface area contributed by atoms with Gasteiger partial charge in [-0.25, -0.2) is 17.9 Å². The highest BCUT2D eigenvalue weighted by molar-refractivity contribution is 7.90. The van der Waals surface area contributed by atoms with Gasteiger partial charge in [-0.15, -0.1) is 0 Å². The van der Waals surface area contributed by atoms with Gasteiger partial charge in [-0.1, -0.05) is 0 Å². The summed E-state index contributed by atoms with van der Waals surface area (Å²) in [6.07, 6.45) is -2.79. The fourth-order valence-corrected chi connectivity index (χ4v) is 0.679. The van der Waals surface area contributed by atoms with Crippen LogP contribution in [-0.4, -0.2) is 19.8 Å². The second-order valence-corrected chi connectivity index (χ2v) is 3.36. The molecule has 0 aromatic heterocycles. The minimum atomic E-state index is -5.11. The third kappa shape index (κ3) is 1.60. The number of alkyl halides is 3. The number of rotatable bonds is 2. The first-order chi connectivity index (χ1) is 4.19. The molecule has 0 heterocycles. The fraction of sp³-hybridized carbons (Fsp3) is 1.00. The number of hydrogen-bond donors (Lipinski definition) is 1. The Hall–Kier alpha value is -0.300. The van der Waals surface area contributed by atoms with E-state index >= 15 is 0 Å². The van der Waals surface area contributed by atoms with Crippen LogP contribution in [0.1, 0.15) is 6.92 Å². The lowest BCUT2D eigenvalue weighted by Crippen LogP contribution is -2.41. The maximum Gasteiger partial charge on any atom is 0.388 e. The van der Waals surface area contributed by atoms with E-state index in [1.165, 1.54) is 0 Å². The van der Waals surface area contributed by atoms with Gasteiger partial charge in [-0.2, -0.15) is 8.78 Å². The molecule has 0 aromatic rings. The molecule has 10 heavy (non-hydrogen) atoms. The van der Waals surface area contributed by atoms with Gasteiger partial charge in [-0.3, -0.25) is 0 Å². The van der Waals surface area contributed by atoms with Gasteiger partial charge in [0, 0.05) is 0 Å². The van der Waals surface area contributed by atoms with Crippen LogP contribution in [0.5, 0.6) is 0 Å². The van der Waals surface area contributed by atoms with E-state index < -0.39 is 21.4 Å². The van der Waals surface area contributed by atoms with E-state index in [1.54, 1.807) is 0 Å². The van der Waals surface area contributed by atoms with Crippen LogP contribution in [-0.2, 0) is 10.0 Å². The van der Waals surface area contributed by atoms with E-state index in [4.69, 9.17) is 0 Å². The van der Waals surface area contributed by atoms with Crippen LogP contribution in [0, 0.1) is 0 Å². The second kappa shape index (κ2) is 2.39. The predicted molar refractivity (Wildman–Crippen MR) is 28.6 cm³/mol. The molecule has 0 saturated carbocycles. The van der Waals surface area contributed by atoms with Crippen molar-refractivity contribution < 1.29 is 21.6 Å². The molecule has 0 bridgehead atoms. The molecule has 0 amide bonds. The van der Waals surface area contributed by atoms with Crippen LogP contribution < -0.4 is 5.14 Å². The van der Waals surface area contributed by atoms with Crippen molar-refractivity contribution in [2.75, 3.05) is 0 Å². The topological polar surface area (TPSA) is 60.2 Å². The first kappa shape index (κ1) is 9.70. The molecule has 1 atom stereocenters. The molecule has 2 N–H and O–H groups in total. The summed E-state index contributed by atoms with van der Waals surface area (Å²) < 4.78 is 55.5. The highest BCUT2D eigenvalue weighted by Gasteiger charge is 2.48. The van der Waals surface area contributed by atoms with Crippen molar-refractivity contribution in [1.82, 2.24) is 0 Å². The monoisotopic (exact) mass is 177 g/mol. The van der Waals surface area contributed by atoms with E-state index in [1.807, 2.05) is 0 Å². The Morgan fingerprint density at radius 2 is 1.80 bits per heavy atom. The van der Waals surface area contributed by atoms with Gasteiger partial charge < -0.3 is 0 Å². The molecule has 0 spiro atoms. The molecule has 0 aliphatic rings. The van der Waals surface area contributed by atoms with E-state index in [9.17, 15) is 21.6 Å². The lowest BCUT2D eigenvalue weighted by Gasteiger charge is -2.13. The van der Waals surface area contributed by atoms with Crippen LogP contribution in [0.4, 0.5) is 13.2 Å². The summed E-state index contributed by atoms with van der Waals surface area (Å²) in [5.41, 5.74) is 0. The molecule has 0 radical (unpaired) electrons. The molecule has 1 unspecified atom stereocenters. The van der Waals surface area contributed by atoms with E-state index in [2.05, 4.69) is 5.14 Å². The summed E-state index contributed by atoms with van der Waals surface area (Å²) in [5.74, 6) is 0. The molecular formula is C3H6F3NO2S. The van der Waals surface area contributed by atoms with Crippen LogP contribution in [0.15, 0.2) is 0 Å². The van der Waals surface area contributed by atoms with Crippen LogP contribution in [0.3, 0.4) is 0 Å². The van der Waals surface area contributed by atoms with Gasteiger partial charge in [0.15, 0.2) is 6.17 Å². The quantitative estimate of drug-likeness (QED) is 0.656. The molecular weight excluding hydrogens is 171 g/mol. The zero-order valence-electron chi connectivity index (χ0n) is 5.01. The number of primary sulfonamides is 1. The normalized spacial score (nSPS) is 16.9. The standard InChI is InChI=1S/C3H6F3NO2S/c1-2(4)3(5,6)10(7,8)9/h2H,1H3,(H2,7,8,9). The van der Waals surface area contributed by atoms with E-state index in [0.29, 0.717) is 6.92 Å². The first-order valence-electron chi connectivity index (χ1n) is 2.24. The van der Waals surface area contributed by atoms with Crippen molar-refractivity contribution in [3.8, 4) is 0 Å².